The Labute approximate surface area is 147 Å². The van der Waals surface area contributed by atoms with Gasteiger partial charge in [0.05, 0.1) is 12.6 Å². The molecule has 1 amide bonds. The molecule has 4 N–H and O–H groups in total. The van der Waals surface area contributed by atoms with Crippen LogP contribution < -0.4 is 5.32 Å². The van der Waals surface area contributed by atoms with Crippen LogP contribution >= 0.6 is 0 Å². The summed E-state index contributed by atoms with van der Waals surface area (Å²) in [6.07, 6.45) is -3.52. The molecule has 2 rings (SSSR count). The number of aliphatic hydroxyl groups is 3. The lowest BCUT2D eigenvalue weighted by atomic mass is 9.90. The van der Waals surface area contributed by atoms with Gasteiger partial charge in [0.2, 0.25) is 5.91 Å². The number of piperidine rings is 1. The summed E-state index contributed by atoms with van der Waals surface area (Å²) >= 11 is 0. The largest absolute Gasteiger partial charge is 0.395 e. The summed E-state index contributed by atoms with van der Waals surface area (Å²) in [5, 5.41) is 31.4. The van der Waals surface area contributed by atoms with Crippen LogP contribution in [-0.2, 0) is 11.2 Å². The van der Waals surface area contributed by atoms with Crippen LogP contribution in [0.25, 0.3) is 0 Å². The average molecular weight is 354 g/mol. The Hall–Kier alpha value is -1.54. The molecule has 1 aromatic rings. The third-order valence-electron chi connectivity index (χ3n) is 4.69. The normalized spacial score (nSPS) is 29.4. The van der Waals surface area contributed by atoms with Crippen LogP contribution in [0.5, 0.6) is 0 Å². The molecule has 7 heteroatoms. The van der Waals surface area contributed by atoms with Crippen molar-refractivity contribution in [3.05, 3.63) is 35.9 Å². The van der Waals surface area contributed by atoms with Crippen molar-refractivity contribution < 1.29 is 24.5 Å². The molecule has 1 aromatic carbocycles. The third-order valence-corrected chi connectivity index (χ3v) is 4.69. The number of benzene rings is 1. The third kappa shape index (κ3) is 4.76. The second kappa shape index (κ2) is 9.24. The summed E-state index contributed by atoms with van der Waals surface area (Å²) in [6.45, 7) is 2.21. The Kier molecular flexibility index (Phi) is 7.31. The maximum absolute atomic E-state index is 14.3. The number of nitrogens with one attached hydrogen (secondary N) is 1. The standard InChI is InChI=1S/C18H27FN2O4/c1-2-21(10-6-9-12-7-4-3-5-8-12)18(25)15-14(19)17(24)16(23)13(11-22)20-15/h3-5,7-8,13-17,20,22-24H,2,6,9-11H2,1H3/t13-,14-,15+,16-,17-/m1/s1. The smallest absolute Gasteiger partial charge is 0.242 e. The molecule has 5 atom stereocenters. The van der Waals surface area contributed by atoms with Gasteiger partial charge in [0, 0.05) is 13.1 Å². The number of hydrogen-bond acceptors (Lipinski definition) is 5. The van der Waals surface area contributed by atoms with Crippen LogP contribution in [0.3, 0.4) is 0 Å². The van der Waals surface area contributed by atoms with E-state index in [2.05, 4.69) is 5.32 Å². The number of carbonyl (C=O) groups is 1. The highest BCUT2D eigenvalue weighted by molar-refractivity contribution is 5.83. The number of rotatable bonds is 7. The van der Waals surface area contributed by atoms with Crippen LogP contribution in [0.1, 0.15) is 18.9 Å². The van der Waals surface area contributed by atoms with E-state index >= 15 is 0 Å². The van der Waals surface area contributed by atoms with Crippen molar-refractivity contribution in [2.45, 2.75) is 50.2 Å². The Balaban J connectivity index is 1.95. The molecule has 0 spiro atoms. The minimum absolute atomic E-state index is 0.418. The highest BCUT2D eigenvalue weighted by Crippen LogP contribution is 2.20. The number of halogens is 1. The van der Waals surface area contributed by atoms with Gasteiger partial charge in [-0.2, -0.15) is 0 Å². The molecule has 1 aliphatic rings. The highest BCUT2D eigenvalue weighted by atomic mass is 19.1. The van der Waals surface area contributed by atoms with E-state index in [-0.39, 0.29) is 0 Å². The first-order valence-corrected chi connectivity index (χ1v) is 8.69. The lowest BCUT2D eigenvalue weighted by molar-refractivity contribution is -0.145. The van der Waals surface area contributed by atoms with E-state index in [0.29, 0.717) is 13.1 Å². The molecule has 25 heavy (non-hydrogen) atoms. The van der Waals surface area contributed by atoms with Crippen LogP contribution in [0.15, 0.2) is 30.3 Å². The van der Waals surface area contributed by atoms with Crippen molar-refractivity contribution in [1.29, 1.82) is 0 Å². The van der Waals surface area contributed by atoms with Gasteiger partial charge in [-0.3, -0.25) is 10.1 Å². The quantitative estimate of drug-likeness (QED) is 0.547. The average Bonchev–Trinajstić information content (AvgIpc) is 2.64. The number of amides is 1. The first-order chi connectivity index (χ1) is 12.0. The van der Waals surface area contributed by atoms with Crippen molar-refractivity contribution >= 4 is 5.91 Å². The molecule has 1 aliphatic heterocycles. The summed E-state index contributed by atoms with van der Waals surface area (Å²) in [5.74, 6) is -0.465. The number of nitrogens with zero attached hydrogens (tertiary/aromatic N) is 1. The molecule has 1 saturated heterocycles. The van der Waals surface area contributed by atoms with Crippen LogP contribution in [0.2, 0.25) is 0 Å². The molecule has 1 fully saturated rings. The van der Waals surface area contributed by atoms with E-state index in [4.69, 9.17) is 0 Å². The minimum Gasteiger partial charge on any atom is -0.395 e. The summed E-state index contributed by atoms with van der Waals surface area (Å²) in [5.41, 5.74) is 1.17. The van der Waals surface area contributed by atoms with Crippen molar-refractivity contribution in [1.82, 2.24) is 10.2 Å². The van der Waals surface area contributed by atoms with Gasteiger partial charge in [-0.25, -0.2) is 4.39 Å². The molecule has 140 valence electrons. The Morgan fingerprint density at radius 1 is 1.24 bits per heavy atom. The lowest BCUT2D eigenvalue weighted by Gasteiger charge is -2.40. The minimum atomic E-state index is -1.92. The molecule has 0 aliphatic carbocycles. The molecule has 0 radical (unpaired) electrons. The van der Waals surface area contributed by atoms with Crippen LogP contribution in [0.4, 0.5) is 4.39 Å². The molecule has 0 saturated carbocycles. The first kappa shape index (κ1) is 19.8. The molecule has 0 aromatic heterocycles. The fourth-order valence-corrected chi connectivity index (χ4v) is 3.15. The zero-order valence-electron chi connectivity index (χ0n) is 14.4. The van der Waals surface area contributed by atoms with Crippen molar-refractivity contribution in [3.8, 4) is 0 Å². The molecular weight excluding hydrogens is 327 g/mol. The van der Waals surface area contributed by atoms with E-state index in [1.54, 1.807) is 0 Å². The number of aryl methyl sites for hydroxylation is 1. The van der Waals surface area contributed by atoms with Crippen molar-refractivity contribution in [2.24, 2.45) is 0 Å². The highest BCUT2D eigenvalue weighted by Gasteiger charge is 2.47. The molecule has 6 nitrogen and oxygen atoms in total. The maximum atomic E-state index is 14.3. The van der Waals surface area contributed by atoms with E-state index in [9.17, 15) is 24.5 Å². The van der Waals surface area contributed by atoms with Gasteiger partial charge in [-0.05, 0) is 25.3 Å². The Morgan fingerprint density at radius 3 is 2.52 bits per heavy atom. The van der Waals surface area contributed by atoms with Gasteiger partial charge in [0.1, 0.15) is 18.2 Å². The zero-order chi connectivity index (χ0) is 18.4. The number of carbonyl (C=O) groups excluding carboxylic acids is 1. The van der Waals surface area contributed by atoms with E-state index in [1.807, 2.05) is 37.3 Å². The number of hydrogen-bond donors (Lipinski definition) is 4. The SMILES string of the molecule is CCN(CCCc1ccccc1)C(=O)[C@H]1N[C@H](CO)[C@@H](O)[C@H](O)[C@@H]1F. The molecule has 1 heterocycles. The van der Waals surface area contributed by atoms with Crippen molar-refractivity contribution in [2.75, 3.05) is 19.7 Å². The predicted molar refractivity (Wildman–Crippen MR) is 91.7 cm³/mol. The Morgan fingerprint density at radius 2 is 1.92 bits per heavy atom. The van der Waals surface area contributed by atoms with E-state index < -0.39 is 43.0 Å². The zero-order valence-corrected chi connectivity index (χ0v) is 14.4. The molecule has 0 bridgehead atoms. The predicted octanol–water partition coefficient (Wildman–Crippen LogP) is -0.140. The monoisotopic (exact) mass is 354 g/mol. The van der Waals surface area contributed by atoms with Crippen LogP contribution in [-0.4, -0.2) is 76.3 Å². The summed E-state index contributed by atoms with van der Waals surface area (Å²) in [7, 11) is 0. The van der Waals surface area contributed by atoms with Gasteiger partial charge in [-0.15, -0.1) is 0 Å². The number of aliphatic hydroxyl groups excluding tert-OH is 3. The second-order valence-electron chi connectivity index (χ2n) is 6.37. The van der Waals surface area contributed by atoms with Gasteiger partial charge < -0.3 is 20.2 Å². The topological polar surface area (TPSA) is 93.0 Å². The summed E-state index contributed by atoms with van der Waals surface area (Å²) in [6, 6.07) is 7.69. The summed E-state index contributed by atoms with van der Waals surface area (Å²) in [4.78, 5) is 14.2. The van der Waals surface area contributed by atoms with E-state index in [1.165, 1.54) is 10.5 Å². The van der Waals surface area contributed by atoms with Gasteiger partial charge in [0.15, 0.2) is 6.17 Å². The molecular formula is C18H27FN2O4. The van der Waals surface area contributed by atoms with Gasteiger partial charge in [0.25, 0.3) is 0 Å². The van der Waals surface area contributed by atoms with Gasteiger partial charge >= 0.3 is 0 Å². The lowest BCUT2D eigenvalue weighted by Crippen LogP contribution is -2.68. The number of likely N-dealkylation sites (N-methyl/N-ethyl adjacent to an activating group) is 1. The van der Waals surface area contributed by atoms with Crippen molar-refractivity contribution in [3.63, 3.8) is 0 Å². The fourth-order valence-electron chi connectivity index (χ4n) is 3.15. The van der Waals surface area contributed by atoms with Crippen LogP contribution in [0, 0.1) is 0 Å². The molecule has 0 unspecified atom stereocenters. The number of alkyl halides is 1. The fraction of sp³-hybridized carbons (Fsp3) is 0.611. The maximum Gasteiger partial charge on any atom is 0.242 e. The van der Waals surface area contributed by atoms with Gasteiger partial charge in [-0.1, -0.05) is 30.3 Å². The second-order valence-corrected chi connectivity index (χ2v) is 6.37. The van der Waals surface area contributed by atoms with E-state index in [0.717, 1.165) is 12.8 Å². The first-order valence-electron chi connectivity index (χ1n) is 8.69. The summed E-state index contributed by atoms with van der Waals surface area (Å²) < 4.78 is 14.3. The Bertz CT molecular complexity index is 543.